The zero-order valence-corrected chi connectivity index (χ0v) is 11.8. The van der Waals surface area contributed by atoms with Crippen LogP contribution < -0.4 is 4.74 Å². The van der Waals surface area contributed by atoms with Crippen LogP contribution in [0.15, 0.2) is 18.2 Å². The Morgan fingerprint density at radius 1 is 1.45 bits per heavy atom. The van der Waals surface area contributed by atoms with Crippen LogP contribution in [-0.2, 0) is 9.53 Å². The van der Waals surface area contributed by atoms with E-state index in [1.807, 2.05) is 13.0 Å². The third kappa shape index (κ3) is 3.28. The van der Waals surface area contributed by atoms with E-state index >= 15 is 0 Å². The number of carbonyl (C=O) groups is 1. The zero-order valence-electron chi connectivity index (χ0n) is 11.8. The first-order chi connectivity index (χ1) is 9.61. The second-order valence-electron chi connectivity index (χ2n) is 4.79. The molecule has 1 fully saturated rings. The highest BCUT2D eigenvalue weighted by atomic mass is 16.5. The van der Waals surface area contributed by atoms with Crippen LogP contribution in [0.2, 0.25) is 0 Å². The molecule has 1 heterocycles. The molecule has 20 heavy (non-hydrogen) atoms. The largest absolute Gasteiger partial charge is 0.481 e. The van der Waals surface area contributed by atoms with Crippen LogP contribution >= 0.6 is 0 Å². The standard InChI is InChI=1S/C15H18N2O3/c1-11-3-4-13(10-16)9-14(11)20-12(2)15(18)17-5-7-19-8-6-17/h3-4,9,12H,5-8H2,1-2H3. The molecule has 1 aliphatic rings. The zero-order chi connectivity index (χ0) is 14.5. The van der Waals surface area contributed by atoms with Crippen molar-refractivity contribution in [3.8, 4) is 11.8 Å². The van der Waals surface area contributed by atoms with Crippen molar-refractivity contribution in [2.75, 3.05) is 26.3 Å². The quantitative estimate of drug-likeness (QED) is 0.838. The van der Waals surface area contributed by atoms with Gasteiger partial charge in [-0.05, 0) is 31.5 Å². The lowest BCUT2D eigenvalue weighted by Gasteiger charge is -2.29. The van der Waals surface area contributed by atoms with Crippen molar-refractivity contribution in [3.05, 3.63) is 29.3 Å². The number of aryl methyl sites for hydroxylation is 1. The minimum atomic E-state index is -0.569. The highest BCUT2D eigenvalue weighted by molar-refractivity contribution is 5.81. The van der Waals surface area contributed by atoms with Crippen LogP contribution in [0.3, 0.4) is 0 Å². The number of amides is 1. The number of carbonyl (C=O) groups excluding carboxylic acids is 1. The second-order valence-corrected chi connectivity index (χ2v) is 4.79. The number of morpholine rings is 1. The van der Waals surface area contributed by atoms with Crippen LogP contribution in [0.4, 0.5) is 0 Å². The van der Waals surface area contributed by atoms with E-state index in [4.69, 9.17) is 14.7 Å². The molecule has 1 aliphatic heterocycles. The molecule has 1 amide bonds. The molecular formula is C15H18N2O3. The van der Waals surface area contributed by atoms with Gasteiger partial charge in [0.2, 0.25) is 0 Å². The van der Waals surface area contributed by atoms with Crippen LogP contribution in [0.1, 0.15) is 18.1 Å². The Morgan fingerprint density at radius 2 is 2.15 bits per heavy atom. The molecule has 2 rings (SSSR count). The van der Waals surface area contributed by atoms with Gasteiger partial charge in [-0.1, -0.05) is 6.07 Å². The van der Waals surface area contributed by atoms with Crippen LogP contribution in [0, 0.1) is 18.3 Å². The molecule has 0 spiro atoms. The molecule has 0 saturated carbocycles. The Hall–Kier alpha value is -2.06. The summed E-state index contributed by atoms with van der Waals surface area (Å²) in [6.07, 6.45) is -0.569. The fourth-order valence-corrected chi connectivity index (χ4v) is 2.08. The van der Waals surface area contributed by atoms with Gasteiger partial charge >= 0.3 is 0 Å². The van der Waals surface area contributed by atoms with E-state index in [0.29, 0.717) is 37.6 Å². The van der Waals surface area contributed by atoms with E-state index in [0.717, 1.165) is 5.56 Å². The highest BCUT2D eigenvalue weighted by Crippen LogP contribution is 2.21. The van der Waals surface area contributed by atoms with Crippen LogP contribution in [0.25, 0.3) is 0 Å². The fraction of sp³-hybridized carbons (Fsp3) is 0.467. The summed E-state index contributed by atoms with van der Waals surface area (Å²) in [4.78, 5) is 14.0. The van der Waals surface area contributed by atoms with E-state index in [9.17, 15) is 4.79 Å². The number of hydrogen-bond acceptors (Lipinski definition) is 4. The summed E-state index contributed by atoms with van der Waals surface area (Å²) in [6, 6.07) is 7.29. The van der Waals surface area contributed by atoms with Crippen molar-refractivity contribution in [2.45, 2.75) is 20.0 Å². The van der Waals surface area contributed by atoms with Gasteiger partial charge in [0.15, 0.2) is 6.10 Å². The maximum atomic E-state index is 12.2. The van der Waals surface area contributed by atoms with Crippen molar-refractivity contribution in [2.24, 2.45) is 0 Å². The van der Waals surface area contributed by atoms with Gasteiger partial charge in [0.25, 0.3) is 5.91 Å². The van der Waals surface area contributed by atoms with Crippen molar-refractivity contribution < 1.29 is 14.3 Å². The first kappa shape index (κ1) is 14.4. The number of hydrogen-bond donors (Lipinski definition) is 0. The number of benzene rings is 1. The third-order valence-electron chi connectivity index (χ3n) is 3.29. The lowest BCUT2D eigenvalue weighted by atomic mass is 10.1. The maximum Gasteiger partial charge on any atom is 0.263 e. The monoisotopic (exact) mass is 274 g/mol. The molecular weight excluding hydrogens is 256 g/mol. The fourth-order valence-electron chi connectivity index (χ4n) is 2.08. The minimum Gasteiger partial charge on any atom is -0.481 e. The summed E-state index contributed by atoms with van der Waals surface area (Å²) in [5.41, 5.74) is 1.43. The molecule has 1 aromatic rings. The summed E-state index contributed by atoms with van der Waals surface area (Å²) in [7, 11) is 0. The molecule has 0 bridgehead atoms. The lowest BCUT2D eigenvalue weighted by molar-refractivity contribution is -0.142. The van der Waals surface area contributed by atoms with Gasteiger partial charge in [-0.3, -0.25) is 4.79 Å². The van der Waals surface area contributed by atoms with Gasteiger partial charge in [0.1, 0.15) is 5.75 Å². The van der Waals surface area contributed by atoms with Gasteiger partial charge in [0.05, 0.1) is 24.8 Å². The van der Waals surface area contributed by atoms with Crippen molar-refractivity contribution in [3.63, 3.8) is 0 Å². The molecule has 5 nitrogen and oxygen atoms in total. The number of ether oxygens (including phenoxy) is 2. The predicted molar refractivity (Wildman–Crippen MR) is 73.4 cm³/mol. The van der Waals surface area contributed by atoms with Crippen LogP contribution in [0.5, 0.6) is 5.75 Å². The van der Waals surface area contributed by atoms with Crippen molar-refractivity contribution in [1.82, 2.24) is 4.90 Å². The predicted octanol–water partition coefficient (Wildman–Crippen LogP) is 1.49. The summed E-state index contributed by atoms with van der Waals surface area (Å²) >= 11 is 0. The van der Waals surface area contributed by atoms with Crippen LogP contribution in [-0.4, -0.2) is 43.2 Å². The average molecular weight is 274 g/mol. The molecule has 0 radical (unpaired) electrons. The SMILES string of the molecule is Cc1ccc(C#N)cc1OC(C)C(=O)N1CCOCC1. The highest BCUT2D eigenvalue weighted by Gasteiger charge is 2.24. The Morgan fingerprint density at radius 3 is 2.80 bits per heavy atom. The first-order valence-electron chi connectivity index (χ1n) is 6.66. The molecule has 5 heteroatoms. The summed E-state index contributed by atoms with van der Waals surface area (Å²) in [5.74, 6) is 0.535. The molecule has 106 valence electrons. The Labute approximate surface area is 118 Å². The first-order valence-corrected chi connectivity index (χ1v) is 6.66. The number of nitrogens with zero attached hydrogens (tertiary/aromatic N) is 2. The van der Waals surface area contributed by atoms with Gasteiger partial charge < -0.3 is 14.4 Å². The number of nitriles is 1. The van der Waals surface area contributed by atoms with E-state index in [-0.39, 0.29) is 5.91 Å². The van der Waals surface area contributed by atoms with Gasteiger partial charge in [-0.15, -0.1) is 0 Å². The third-order valence-corrected chi connectivity index (χ3v) is 3.29. The molecule has 0 N–H and O–H groups in total. The molecule has 0 aliphatic carbocycles. The molecule has 1 atom stereocenters. The summed E-state index contributed by atoms with van der Waals surface area (Å²) < 4.78 is 10.9. The number of rotatable bonds is 3. The van der Waals surface area contributed by atoms with E-state index in [1.54, 1.807) is 24.0 Å². The minimum absolute atomic E-state index is 0.0462. The Bertz CT molecular complexity index is 530. The summed E-state index contributed by atoms with van der Waals surface area (Å²) in [6.45, 7) is 5.97. The average Bonchev–Trinajstić information content (AvgIpc) is 2.49. The van der Waals surface area contributed by atoms with E-state index in [1.165, 1.54) is 0 Å². The van der Waals surface area contributed by atoms with Gasteiger partial charge in [0, 0.05) is 13.1 Å². The smallest absolute Gasteiger partial charge is 0.263 e. The molecule has 1 saturated heterocycles. The Kier molecular flexibility index (Phi) is 4.59. The maximum absolute atomic E-state index is 12.2. The molecule has 1 aromatic carbocycles. The Balaban J connectivity index is 2.05. The topological polar surface area (TPSA) is 62.6 Å². The second kappa shape index (κ2) is 6.40. The van der Waals surface area contributed by atoms with E-state index in [2.05, 4.69) is 6.07 Å². The van der Waals surface area contributed by atoms with Crippen molar-refractivity contribution >= 4 is 5.91 Å². The van der Waals surface area contributed by atoms with E-state index < -0.39 is 6.10 Å². The lowest BCUT2D eigenvalue weighted by Crippen LogP contribution is -2.46. The van der Waals surface area contributed by atoms with Crippen molar-refractivity contribution in [1.29, 1.82) is 5.26 Å². The van der Waals surface area contributed by atoms with Gasteiger partial charge in [-0.25, -0.2) is 0 Å². The molecule has 1 unspecified atom stereocenters. The summed E-state index contributed by atoms with van der Waals surface area (Å²) in [5, 5.41) is 8.91. The molecule has 0 aromatic heterocycles. The van der Waals surface area contributed by atoms with Gasteiger partial charge in [-0.2, -0.15) is 5.26 Å². The normalized spacial score (nSPS) is 16.4.